The van der Waals surface area contributed by atoms with Gasteiger partial charge in [-0.05, 0) is 6.92 Å². The van der Waals surface area contributed by atoms with Gasteiger partial charge in [-0.25, -0.2) is 8.37 Å². The van der Waals surface area contributed by atoms with Crippen LogP contribution in [-0.4, -0.2) is 67.3 Å². The van der Waals surface area contributed by atoms with Crippen LogP contribution in [0.1, 0.15) is 6.92 Å². The number of ether oxygens (including phenoxy) is 1. The Morgan fingerprint density at radius 1 is 0.950 bits per heavy atom. The predicted octanol–water partition coefficient (Wildman–Crippen LogP) is -3.99. The summed E-state index contributed by atoms with van der Waals surface area (Å²) in [6.45, 7) is 0.914. The van der Waals surface area contributed by atoms with Crippen molar-refractivity contribution in [1.29, 1.82) is 0 Å². The third-order valence-corrected chi connectivity index (χ3v) is 4.95. The molecule has 0 aromatic heterocycles. The minimum Gasteiger partial charge on any atom is -0.382 e. The van der Waals surface area contributed by atoms with Crippen LogP contribution in [0.15, 0.2) is 0 Å². The summed E-state index contributed by atoms with van der Waals surface area (Å²) < 4.78 is 60.9. The van der Waals surface area contributed by atoms with E-state index in [1.165, 1.54) is 0 Å². The molecular weight excluding hydrogens is 328 g/mol. The Kier molecular flexibility index (Phi) is 3.42. The van der Waals surface area contributed by atoms with E-state index in [0.717, 1.165) is 6.92 Å². The molecule has 0 aromatic rings. The molecule has 118 valence electrons. The van der Waals surface area contributed by atoms with E-state index in [1.807, 2.05) is 0 Å². The van der Waals surface area contributed by atoms with Gasteiger partial charge in [0.15, 0.2) is 12.4 Å². The molecule has 1 unspecified atom stereocenters. The van der Waals surface area contributed by atoms with E-state index in [-0.39, 0.29) is 0 Å². The van der Waals surface area contributed by atoms with E-state index >= 15 is 0 Å². The molecule has 2 heterocycles. The minimum absolute atomic E-state index is 0.914. The first-order valence-corrected chi connectivity index (χ1v) is 7.58. The highest BCUT2D eigenvalue weighted by Crippen LogP contribution is 2.43. The molecule has 20 heavy (non-hydrogen) atoms. The average Bonchev–Trinajstić information content (AvgIpc) is 2.27. The van der Waals surface area contributed by atoms with Crippen molar-refractivity contribution in [2.45, 2.75) is 37.0 Å². The molecule has 0 bridgehead atoms. The van der Waals surface area contributed by atoms with E-state index < -0.39 is 50.9 Å². The standard InChI is InChI=1S/C6H10O12S2/c1-2-5(9)6(10,3(7)4(8)15-2)17-20(13,14)18-19(11,12)16-5/h2-4,7-10H,1H3/t2-,3-,4?,5-,6+/m0/s1. The Morgan fingerprint density at radius 2 is 1.40 bits per heavy atom. The molecule has 0 aromatic carbocycles. The minimum atomic E-state index is -5.42. The van der Waals surface area contributed by atoms with E-state index in [4.69, 9.17) is 0 Å². The summed E-state index contributed by atoms with van der Waals surface area (Å²) >= 11 is 0. The lowest BCUT2D eigenvalue weighted by Crippen LogP contribution is -2.75. The summed E-state index contributed by atoms with van der Waals surface area (Å²) in [5.41, 5.74) is 0. The van der Waals surface area contributed by atoms with Crippen molar-refractivity contribution >= 4 is 20.8 Å². The normalized spacial score (nSPS) is 51.0. The number of hydrogen-bond acceptors (Lipinski definition) is 12. The van der Waals surface area contributed by atoms with Crippen LogP contribution in [0.5, 0.6) is 0 Å². The predicted molar refractivity (Wildman–Crippen MR) is 53.6 cm³/mol. The molecule has 2 aliphatic heterocycles. The highest BCUT2D eigenvalue weighted by atomic mass is 32.3. The van der Waals surface area contributed by atoms with Crippen LogP contribution in [0, 0.1) is 0 Å². The summed E-state index contributed by atoms with van der Waals surface area (Å²) in [7, 11) is -10.8. The second-order valence-electron chi connectivity index (χ2n) is 4.06. The van der Waals surface area contributed by atoms with Gasteiger partial charge in [0, 0.05) is 0 Å². The second kappa shape index (κ2) is 4.29. The number of hydrogen-bond donors (Lipinski definition) is 4. The lowest BCUT2D eigenvalue weighted by molar-refractivity contribution is -0.444. The Hall–Kier alpha value is -0.420. The summed E-state index contributed by atoms with van der Waals surface area (Å²) in [5.74, 6) is -6.99. The highest BCUT2D eigenvalue weighted by molar-refractivity contribution is 7.95. The molecule has 2 fully saturated rings. The molecule has 2 saturated heterocycles. The van der Waals surface area contributed by atoms with Crippen LogP contribution < -0.4 is 0 Å². The smallest absolute Gasteiger partial charge is 0.382 e. The maximum atomic E-state index is 11.2. The fourth-order valence-corrected chi connectivity index (χ4v) is 3.88. The van der Waals surface area contributed by atoms with Gasteiger partial charge in [0.2, 0.25) is 0 Å². The zero-order valence-electron chi connectivity index (χ0n) is 9.60. The first-order chi connectivity index (χ1) is 8.83. The molecule has 2 aliphatic rings. The zero-order chi connectivity index (χ0) is 15.6. The van der Waals surface area contributed by atoms with Crippen LogP contribution in [-0.2, 0) is 37.5 Å². The quantitative estimate of drug-likeness (QED) is 0.336. The molecule has 0 radical (unpaired) electrons. The van der Waals surface area contributed by atoms with Gasteiger partial charge in [-0.1, -0.05) is 0 Å². The largest absolute Gasteiger partial charge is 0.419 e. The Morgan fingerprint density at radius 3 is 1.90 bits per heavy atom. The summed E-state index contributed by atoms with van der Waals surface area (Å²) in [6.07, 6.45) is -6.61. The number of rotatable bonds is 0. The average molecular weight is 338 g/mol. The topological polar surface area (TPSA) is 186 Å². The van der Waals surface area contributed by atoms with Gasteiger partial charge in [-0.2, -0.15) is 16.8 Å². The maximum absolute atomic E-state index is 11.2. The van der Waals surface area contributed by atoms with Gasteiger partial charge >= 0.3 is 20.8 Å². The van der Waals surface area contributed by atoms with Crippen LogP contribution in [0.25, 0.3) is 0 Å². The van der Waals surface area contributed by atoms with Crippen molar-refractivity contribution in [1.82, 2.24) is 0 Å². The Labute approximate surface area is 112 Å². The summed E-state index contributed by atoms with van der Waals surface area (Å²) in [5, 5.41) is 38.9. The molecule has 4 N–H and O–H groups in total. The molecule has 0 amide bonds. The van der Waals surface area contributed by atoms with E-state index in [0.29, 0.717) is 0 Å². The van der Waals surface area contributed by atoms with E-state index in [9.17, 15) is 37.3 Å². The third kappa shape index (κ3) is 2.23. The van der Waals surface area contributed by atoms with Crippen LogP contribution >= 0.6 is 0 Å². The van der Waals surface area contributed by atoms with Crippen molar-refractivity contribution in [3.63, 3.8) is 0 Å². The van der Waals surface area contributed by atoms with Gasteiger partial charge in [0.25, 0.3) is 11.6 Å². The SMILES string of the molecule is C[C@@H]1OC(O)[C@H](O)[C@@]2(O)OS(=O)(=O)OS(=O)(=O)O[C@@]12O. The number of aliphatic hydroxyl groups excluding tert-OH is 2. The van der Waals surface area contributed by atoms with Crippen molar-refractivity contribution in [2.24, 2.45) is 0 Å². The second-order valence-corrected chi connectivity index (χ2v) is 6.57. The van der Waals surface area contributed by atoms with Gasteiger partial charge in [-0.3, -0.25) is 0 Å². The maximum Gasteiger partial charge on any atom is 0.419 e. The summed E-state index contributed by atoms with van der Waals surface area (Å²) in [4.78, 5) is 0. The molecule has 0 saturated carbocycles. The van der Waals surface area contributed by atoms with Crippen LogP contribution in [0.3, 0.4) is 0 Å². The van der Waals surface area contributed by atoms with E-state index in [1.54, 1.807) is 0 Å². The molecule has 12 nitrogen and oxygen atoms in total. The fourth-order valence-electron chi connectivity index (χ4n) is 1.75. The summed E-state index contributed by atoms with van der Waals surface area (Å²) in [6, 6.07) is 0. The molecule has 0 aliphatic carbocycles. The van der Waals surface area contributed by atoms with Gasteiger partial charge in [-0.15, -0.1) is 3.63 Å². The van der Waals surface area contributed by atoms with Crippen molar-refractivity contribution < 1.29 is 54.0 Å². The van der Waals surface area contributed by atoms with Gasteiger partial charge < -0.3 is 25.2 Å². The lowest BCUT2D eigenvalue weighted by Gasteiger charge is -2.48. The lowest BCUT2D eigenvalue weighted by atomic mass is 9.92. The first kappa shape index (κ1) is 16.0. The molecule has 14 heteroatoms. The number of aliphatic hydroxyl groups is 4. The highest BCUT2D eigenvalue weighted by Gasteiger charge is 2.72. The molecule has 0 spiro atoms. The zero-order valence-corrected chi connectivity index (χ0v) is 11.2. The molecule has 2 rings (SSSR count). The third-order valence-electron chi connectivity index (χ3n) is 2.70. The van der Waals surface area contributed by atoms with E-state index in [2.05, 4.69) is 16.7 Å². The number of fused-ring (bicyclic) bond motifs is 1. The van der Waals surface area contributed by atoms with Crippen LogP contribution in [0.4, 0.5) is 0 Å². The van der Waals surface area contributed by atoms with Gasteiger partial charge in [0.1, 0.15) is 6.10 Å². The van der Waals surface area contributed by atoms with Crippen LogP contribution in [0.2, 0.25) is 0 Å². The van der Waals surface area contributed by atoms with Gasteiger partial charge in [0.05, 0.1) is 0 Å². The first-order valence-electron chi connectivity index (χ1n) is 4.91. The van der Waals surface area contributed by atoms with Crippen molar-refractivity contribution in [3.8, 4) is 0 Å². The molecule has 5 atom stereocenters. The van der Waals surface area contributed by atoms with Crippen molar-refractivity contribution in [2.75, 3.05) is 0 Å². The Balaban J connectivity index is 2.67. The molecular formula is C6H10O12S2. The Bertz CT molecular complexity index is 610. The van der Waals surface area contributed by atoms with Crippen molar-refractivity contribution in [3.05, 3.63) is 0 Å². The fraction of sp³-hybridized carbons (Fsp3) is 1.00. The monoisotopic (exact) mass is 338 g/mol.